The zero-order valence-electron chi connectivity index (χ0n) is 16.8. The van der Waals surface area contributed by atoms with Gasteiger partial charge < -0.3 is 18.6 Å². The van der Waals surface area contributed by atoms with Crippen LogP contribution in [0.15, 0.2) is 75.9 Å². The van der Waals surface area contributed by atoms with Gasteiger partial charge in [0, 0.05) is 40.8 Å². The molecule has 0 amide bonds. The zero-order chi connectivity index (χ0) is 22.1. The second-order valence-electron chi connectivity index (χ2n) is 7.25. The highest BCUT2D eigenvalue weighted by Gasteiger charge is 2.21. The minimum Gasteiger partial charge on any atom is -0.489 e. The molecule has 0 N–H and O–H groups in total. The number of hydrogen-bond acceptors (Lipinski definition) is 7. The molecule has 2 heterocycles. The number of non-ortho nitro benzene ring substituents is 1. The van der Waals surface area contributed by atoms with Crippen LogP contribution in [0, 0.1) is 10.1 Å². The van der Waals surface area contributed by atoms with Gasteiger partial charge in [-0.05, 0) is 23.3 Å². The van der Waals surface area contributed by atoms with Gasteiger partial charge in [-0.2, -0.15) is 0 Å². The summed E-state index contributed by atoms with van der Waals surface area (Å²) in [5.41, 5.74) is 2.67. The lowest BCUT2D eigenvalue weighted by molar-refractivity contribution is -0.385. The van der Waals surface area contributed by atoms with E-state index in [1.54, 1.807) is 12.1 Å². The van der Waals surface area contributed by atoms with E-state index in [1.165, 1.54) is 18.2 Å². The molecule has 4 aromatic rings. The lowest BCUT2D eigenvalue weighted by Gasteiger charge is -2.20. The summed E-state index contributed by atoms with van der Waals surface area (Å²) in [7, 11) is 0. The van der Waals surface area contributed by atoms with E-state index >= 15 is 0 Å². The summed E-state index contributed by atoms with van der Waals surface area (Å²) in [6.07, 6.45) is 0. The van der Waals surface area contributed by atoms with Crippen molar-refractivity contribution >= 4 is 16.7 Å². The van der Waals surface area contributed by atoms with Gasteiger partial charge in [0.15, 0.2) is 6.79 Å². The van der Waals surface area contributed by atoms with Gasteiger partial charge >= 0.3 is 5.63 Å². The SMILES string of the molecule is O=c1cc(-c2ccccc2)c2ccc(OCc3cc([N+](=O)[O-])cc4c3OCOC4)cc2o1. The Morgan fingerprint density at radius 3 is 2.69 bits per heavy atom. The molecule has 0 unspecified atom stereocenters. The minimum absolute atomic E-state index is 0.0398. The largest absolute Gasteiger partial charge is 0.489 e. The third-order valence-electron chi connectivity index (χ3n) is 5.18. The summed E-state index contributed by atoms with van der Waals surface area (Å²) in [6, 6.07) is 19.1. The molecule has 1 aromatic heterocycles. The Hall–Kier alpha value is -4.17. The van der Waals surface area contributed by atoms with Crippen molar-refractivity contribution in [1.82, 2.24) is 0 Å². The third kappa shape index (κ3) is 3.79. The molecular formula is C24H17NO7. The summed E-state index contributed by atoms with van der Waals surface area (Å²) in [5, 5.41) is 12.1. The number of benzene rings is 3. The molecule has 0 radical (unpaired) electrons. The fraction of sp³-hybridized carbons (Fsp3) is 0.125. The monoisotopic (exact) mass is 431 g/mol. The average Bonchev–Trinajstić information content (AvgIpc) is 2.82. The Balaban J connectivity index is 1.48. The van der Waals surface area contributed by atoms with Gasteiger partial charge in [0.05, 0.1) is 11.5 Å². The first-order valence-corrected chi connectivity index (χ1v) is 9.85. The van der Waals surface area contributed by atoms with Gasteiger partial charge in [0.2, 0.25) is 0 Å². The molecule has 1 aliphatic heterocycles. The van der Waals surface area contributed by atoms with Crippen LogP contribution in [-0.2, 0) is 18.0 Å². The Kier molecular flexibility index (Phi) is 5.04. The molecule has 8 nitrogen and oxygen atoms in total. The molecule has 0 spiro atoms. The molecule has 1 aliphatic rings. The van der Waals surface area contributed by atoms with Gasteiger partial charge in [-0.15, -0.1) is 0 Å². The highest BCUT2D eigenvalue weighted by Crippen LogP contribution is 2.34. The van der Waals surface area contributed by atoms with Crippen molar-refractivity contribution in [2.45, 2.75) is 13.2 Å². The summed E-state index contributed by atoms with van der Waals surface area (Å²) in [4.78, 5) is 22.9. The van der Waals surface area contributed by atoms with E-state index in [2.05, 4.69) is 0 Å². The number of ether oxygens (including phenoxy) is 3. The van der Waals surface area contributed by atoms with E-state index in [4.69, 9.17) is 18.6 Å². The lowest BCUT2D eigenvalue weighted by atomic mass is 10.0. The fourth-order valence-electron chi connectivity index (χ4n) is 3.74. The van der Waals surface area contributed by atoms with Gasteiger partial charge in [0.1, 0.15) is 23.7 Å². The molecule has 160 valence electrons. The molecule has 0 atom stereocenters. The summed E-state index contributed by atoms with van der Waals surface area (Å²) >= 11 is 0. The highest BCUT2D eigenvalue weighted by molar-refractivity contribution is 5.93. The number of nitro groups is 1. The van der Waals surface area contributed by atoms with Crippen LogP contribution in [0.3, 0.4) is 0 Å². The topological polar surface area (TPSA) is 101 Å². The fourth-order valence-corrected chi connectivity index (χ4v) is 3.74. The first-order chi connectivity index (χ1) is 15.6. The molecule has 32 heavy (non-hydrogen) atoms. The van der Waals surface area contributed by atoms with Gasteiger partial charge in [-0.3, -0.25) is 10.1 Å². The third-order valence-corrected chi connectivity index (χ3v) is 5.18. The quantitative estimate of drug-likeness (QED) is 0.254. The first-order valence-electron chi connectivity index (χ1n) is 9.85. The standard InChI is InChI=1S/C24H17NO7/c26-23-11-21(15-4-2-1-3-5-15)20-7-6-19(10-22(20)32-23)30-13-17-9-18(25(27)28)8-16-12-29-14-31-24(16)17/h1-11H,12-14H2. The maximum atomic E-state index is 12.1. The molecule has 0 saturated heterocycles. The molecule has 0 bridgehead atoms. The Morgan fingerprint density at radius 1 is 1.03 bits per heavy atom. The van der Waals surface area contributed by atoms with Crippen molar-refractivity contribution in [3.05, 3.63) is 98.4 Å². The van der Waals surface area contributed by atoms with Crippen LogP contribution in [-0.4, -0.2) is 11.7 Å². The van der Waals surface area contributed by atoms with Crippen molar-refractivity contribution < 1.29 is 23.6 Å². The van der Waals surface area contributed by atoms with E-state index in [0.29, 0.717) is 28.2 Å². The summed E-state index contributed by atoms with van der Waals surface area (Å²) in [5.74, 6) is 0.985. The number of hydrogen-bond donors (Lipinski definition) is 0. The molecular weight excluding hydrogens is 414 g/mol. The molecule has 0 aliphatic carbocycles. The Bertz CT molecular complexity index is 1380. The maximum Gasteiger partial charge on any atom is 0.336 e. The molecule has 3 aromatic carbocycles. The van der Waals surface area contributed by atoms with Crippen LogP contribution in [0.25, 0.3) is 22.1 Å². The second-order valence-corrected chi connectivity index (χ2v) is 7.25. The van der Waals surface area contributed by atoms with Crippen LogP contribution in [0.2, 0.25) is 0 Å². The predicted octanol–water partition coefficient (Wildman–Crippen LogP) is 4.81. The smallest absolute Gasteiger partial charge is 0.336 e. The first kappa shape index (κ1) is 19.8. The normalized spacial score (nSPS) is 12.8. The summed E-state index contributed by atoms with van der Waals surface area (Å²) in [6.45, 7) is 0.340. The van der Waals surface area contributed by atoms with Crippen molar-refractivity contribution in [2.75, 3.05) is 6.79 Å². The van der Waals surface area contributed by atoms with Crippen LogP contribution in [0.4, 0.5) is 5.69 Å². The van der Waals surface area contributed by atoms with Crippen molar-refractivity contribution in [2.24, 2.45) is 0 Å². The van der Waals surface area contributed by atoms with E-state index in [-0.39, 0.29) is 25.7 Å². The van der Waals surface area contributed by atoms with Crippen molar-refractivity contribution in [1.29, 1.82) is 0 Å². The molecule has 5 rings (SSSR count). The Labute approximate surface area is 181 Å². The number of rotatable bonds is 5. The minimum atomic E-state index is -0.464. The highest BCUT2D eigenvalue weighted by atomic mass is 16.7. The van der Waals surface area contributed by atoms with E-state index in [0.717, 1.165) is 16.5 Å². The average molecular weight is 431 g/mol. The number of nitro benzene ring substituents is 1. The maximum absolute atomic E-state index is 12.1. The van der Waals surface area contributed by atoms with Crippen LogP contribution < -0.4 is 15.1 Å². The lowest BCUT2D eigenvalue weighted by Crippen LogP contribution is -2.14. The van der Waals surface area contributed by atoms with E-state index in [1.807, 2.05) is 36.4 Å². The predicted molar refractivity (Wildman–Crippen MR) is 116 cm³/mol. The van der Waals surface area contributed by atoms with Gasteiger partial charge in [-0.1, -0.05) is 30.3 Å². The number of nitrogens with zero attached hydrogens (tertiary/aromatic N) is 1. The van der Waals surface area contributed by atoms with Crippen molar-refractivity contribution in [3.63, 3.8) is 0 Å². The molecule has 8 heteroatoms. The second kappa shape index (κ2) is 8.16. The summed E-state index contributed by atoms with van der Waals surface area (Å²) < 4.78 is 22.0. The molecule has 0 fully saturated rings. The van der Waals surface area contributed by atoms with Crippen molar-refractivity contribution in [3.8, 4) is 22.6 Å². The van der Waals surface area contributed by atoms with Gasteiger partial charge in [0.25, 0.3) is 5.69 Å². The number of fused-ring (bicyclic) bond motifs is 2. The van der Waals surface area contributed by atoms with Crippen LogP contribution in [0.5, 0.6) is 11.5 Å². The Morgan fingerprint density at radius 2 is 1.88 bits per heavy atom. The zero-order valence-corrected chi connectivity index (χ0v) is 16.8. The van der Waals surface area contributed by atoms with E-state index < -0.39 is 10.5 Å². The van der Waals surface area contributed by atoms with E-state index in [9.17, 15) is 14.9 Å². The van der Waals surface area contributed by atoms with Crippen LogP contribution in [0.1, 0.15) is 11.1 Å². The molecule has 0 saturated carbocycles. The van der Waals surface area contributed by atoms with Crippen LogP contribution >= 0.6 is 0 Å². The van der Waals surface area contributed by atoms with Gasteiger partial charge in [-0.25, -0.2) is 4.79 Å².